The molecule has 0 aliphatic carbocycles. The summed E-state index contributed by atoms with van der Waals surface area (Å²) in [6.45, 7) is 4.34. The molecule has 4 N–H and O–H groups in total. The van der Waals surface area contributed by atoms with Crippen LogP contribution < -0.4 is 5.73 Å². The van der Waals surface area contributed by atoms with Gasteiger partial charge in [-0.3, -0.25) is 37.1 Å². The fourth-order valence-corrected chi connectivity index (χ4v) is 7.61. The summed E-state index contributed by atoms with van der Waals surface area (Å²) in [6.07, 6.45) is 5.98. The van der Waals surface area contributed by atoms with E-state index in [-0.39, 0.29) is 25.7 Å². The van der Waals surface area contributed by atoms with Crippen LogP contribution in [0.4, 0.5) is 0 Å². The van der Waals surface area contributed by atoms with Crippen LogP contribution in [0.1, 0.15) is 118 Å². The van der Waals surface area contributed by atoms with Gasteiger partial charge in [-0.2, -0.15) is 0 Å². The van der Waals surface area contributed by atoms with Crippen LogP contribution in [-0.4, -0.2) is 59.4 Å². The zero-order valence-corrected chi connectivity index (χ0v) is 27.2. The lowest BCUT2D eigenvalue weighted by Crippen LogP contribution is -2.36. The largest absolute Gasteiger partial charge is 0.438 e. The summed E-state index contributed by atoms with van der Waals surface area (Å²) in [5.41, 5.74) is 3.77. The Morgan fingerprint density at radius 1 is 0.714 bits per heavy atom. The lowest BCUT2D eigenvalue weighted by atomic mass is 10.1. The van der Waals surface area contributed by atoms with E-state index in [1.807, 2.05) is 20.8 Å². The maximum absolute atomic E-state index is 14.0. The van der Waals surface area contributed by atoms with Crippen molar-refractivity contribution in [1.29, 1.82) is 0 Å². The Morgan fingerprint density at radius 2 is 1.07 bits per heavy atom. The second-order valence-corrected chi connectivity index (χ2v) is 14.8. The first kappa shape index (κ1) is 40.6. The van der Waals surface area contributed by atoms with Crippen LogP contribution in [0.15, 0.2) is 0 Å². The number of hydrogen-bond donors (Lipinski definition) is 3. The van der Waals surface area contributed by atoms with Gasteiger partial charge in [0.05, 0.1) is 0 Å². The van der Waals surface area contributed by atoms with Crippen molar-refractivity contribution in [3.63, 3.8) is 0 Å². The van der Waals surface area contributed by atoms with Crippen LogP contribution >= 0.6 is 15.2 Å². The van der Waals surface area contributed by atoms with E-state index in [0.29, 0.717) is 19.3 Å². The van der Waals surface area contributed by atoms with Crippen molar-refractivity contribution in [2.24, 2.45) is 5.73 Å². The number of aliphatic hydroxyl groups is 1. The minimum Gasteiger partial charge on any atom is -0.438 e. The van der Waals surface area contributed by atoms with Gasteiger partial charge >= 0.3 is 33.1 Å². The van der Waals surface area contributed by atoms with Gasteiger partial charge in [0.15, 0.2) is 5.40 Å². The number of hydrogen-bond acceptors (Lipinski definition) is 13. The van der Waals surface area contributed by atoms with Crippen LogP contribution in [0.25, 0.3) is 0 Å². The third-order valence-corrected chi connectivity index (χ3v) is 11.1. The first-order valence-electron chi connectivity index (χ1n) is 14.5. The van der Waals surface area contributed by atoms with Gasteiger partial charge in [0, 0.05) is 19.3 Å². The molecule has 0 spiro atoms. The molecule has 16 heteroatoms. The fourth-order valence-electron chi connectivity index (χ4n) is 3.49. The topological polar surface area (TPSA) is 207 Å². The second-order valence-electron chi connectivity index (χ2n) is 10.1. The first-order chi connectivity index (χ1) is 19.7. The van der Waals surface area contributed by atoms with E-state index in [2.05, 4.69) is 0 Å². The van der Waals surface area contributed by atoms with E-state index in [9.17, 15) is 33.5 Å². The molecule has 0 saturated carbocycles. The van der Waals surface area contributed by atoms with Crippen LogP contribution in [0.2, 0.25) is 0 Å². The molecule has 0 bridgehead atoms. The average molecular weight is 648 g/mol. The molecule has 248 valence electrons. The Bertz CT molecular complexity index is 847. The monoisotopic (exact) mass is 647 g/mol. The maximum Gasteiger partial charge on any atom is 0.351 e. The predicted molar refractivity (Wildman–Crippen MR) is 154 cm³/mol. The average Bonchev–Trinajstić information content (AvgIpc) is 2.88. The zero-order chi connectivity index (χ0) is 32.1. The lowest BCUT2D eigenvalue weighted by molar-refractivity contribution is -0.153. The number of esters is 3. The van der Waals surface area contributed by atoms with Crippen molar-refractivity contribution in [3.8, 4) is 0 Å². The molecule has 3 unspecified atom stereocenters. The normalized spacial score (nSPS) is 15.3. The lowest BCUT2D eigenvalue weighted by Gasteiger charge is -2.30. The minimum absolute atomic E-state index is 0.0719. The number of nitrogens with two attached hydrogens (primary N) is 1. The van der Waals surface area contributed by atoms with Crippen molar-refractivity contribution in [3.05, 3.63) is 0 Å². The van der Waals surface area contributed by atoms with Crippen LogP contribution in [0.3, 0.4) is 0 Å². The van der Waals surface area contributed by atoms with Crippen LogP contribution in [0, 0.1) is 0 Å². The van der Waals surface area contributed by atoms with Gasteiger partial charge in [-0.25, -0.2) is 0 Å². The Labute approximate surface area is 249 Å². The molecule has 0 aromatic carbocycles. The van der Waals surface area contributed by atoms with Crippen molar-refractivity contribution >= 4 is 33.1 Å². The van der Waals surface area contributed by atoms with Gasteiger partial charge in [0.2, 0.25) is 20.4 Å². The van der Waals surface area contributed by atoms with E-state index >= 15 is 0 Å². The van der Waals surface area contributed by atoms with E-state index in [0.717, 1.165) is 38.5 Å². The second kappa shape index (κ2) is 22.2. The van der Waals surface area contributed by atoms with E-state index < -0.39 is 71.0 Å². The Hall–Kier alpha value is -1.37. The van der Waals surface area contributed by atoms with Crippen LogP contribution in [0.5, 0.6) is 0 Å². The van der Waals surface area contributed by atoms with E-state index in [1.165, 1.54) is 6.92 Å². The molecule has 0 amide bonds. The highest BCUT2D eigenvalue weighted by Crippen LogP contribution is 2.69. The number of unbranched alkanes of at least 4 members (excludes halogenated alkanes) is 6. The summed E-state index contributed by atoms with van der Waals surface area (Å²) < 4.78 is 57.6. The summed E-state index contributed by atoms with van der Waals surface area (Å²) in [7, 11) is -9.81. The van der Waals surface area contributed by atoms with Crippen molar-refractivity contribution in [1.82, 2.24) is 0 Å². The number of carbonyl (C=O) groups excluding carboxylic acids is 3. The van der Waals surface area contributed by atoms with E-state index in [4.69, 9.17) is 33.5 Å². The molecule has 0 aliphatic rings. The summed E-state index contributed by atoms with van der Waals surface area (Å²) in [6, 6.07) is 0. The van der Waals surface area contributed by atoms with Crippen molar-refractivity contribution < 1.29 is 61.3 Å². The SMILES string of the molecule is CCCCCC(=O)OCOP(=O)(O)C(CCC(C)(N)O)P(=O)(OCOC(=O)CCCCC)OCOC(=O)CCCCC. The molecule has 0 aliphatic heterocycles. The highest BCUT2D eigenvalue weighted by Gasteiger charge is 2.50. The Morgan fingerprint density at radius 3 is 1.40 bits per heavy atom. The summed E-state index contributed by atoms with van der Waals surface area (Å²) >= 11 is 0. The molecule has 0 heterocycles. The smallest absolute Gasteiger partial charge is 0.351 e. The Kier molecular flexibility index (Phi) is 21.5. The molecule has 0 saturated heterocycles. The first-order valence-corrected chi connectivity index (χ1v) is 17.8. The fraction of sp³-hybridized carbons (Fsp3) is 0.885. The van der Waals surface area contributed by atoms with Crippen LogP contribution in [-0.2, 0) is 51.3 Å². The van der Waals surface area contributed by atoms with Crippen molar-refractivity contribution in [2.45, 2.75) is 129 Å². The highest BCUT2D eigenvalue weighted by atomic mass is 31.2. The van der Waals surface area contributed by atoms with Gasteiger partial charge < -0.3 is 29.9 Å². The number of carbonyl (C=O) groups is 3. The Balaban J connectivity index is 5.76. The molecular weight excluding hydrogens is 596 g/mol. The zero-order valence-electron chi connectivity index (χ0n) is 25.5. The van der Waals surface area contributed by atoms with Gasteiger partial charge in [-0.1, -0.05) is 59.3 Å². The molecule has 3 atom stereocenters. The third kappa shape index (κ3) is 19.7. The molecule has 42 heavy (non-hydrogen) atoms. The molecule has 0 rings (SSSR count). The third-order valence-electron chi connectivity index (χ3n) is 5.97. The highest BCUT2D eigenvalue weighted by molar-refractivity contribution is 7.72. The summed E-state index contributed by atoms with van der Waals surface area (Å²) in [5.74, 6) is -1.97. The molecule has 0 aromatic heterocycles. The van der Waals surface area contributed by atoms with Gasteiger partial charge in [0.25, 0.3) is 0 Å². The van der Waals surface area contributed by atoms with Gasteiger partial charge in [-0.05, 0) is 39.0 Å². The predicted octanol–water partition coefficient (Wildman–Crippen LogP) is 5.43. The molecule has 0 radical (unpaired) electrons. The number of rotatable bonds is 26. The number of ether oxygens (including phenoxy) is 3. The minimum atomic E-state index is -5.01. The quantitative estimate of drug-likeness (QED) is 0.0352. The maximum atomic E-state index is 14.0. The van der Waals surface area contributed by atoms with E-state index in [1.54, 1.807) is 0 Å². The van der Waals surface area contributed by atoms with Gasteiger partial charge in [-0.15, -0.1) is 0 Å². The van der Waals surface area contributed by atoms with Gasteiger partial charge in [0.1, 0.15) is 5.72 Å². The summed E-state index contributed by atoms with van der Waals surface area (Å²) in [4.78, 5) is 46.8. The summed E-state index contributed by atoms with van der Waals surface area (Å²) in [5, 5.41) is 8.05. The molecule has 0 aromatic rings. The molecule has 0 fully saturated rings. The molecular formula is C26H51NO13P2. The molecule has 14 nitrogen and oxygen atoms in total. The van der Waals surface area contributed by atoms with Crippen molar-refractivity contribution in [2.75, 3.05) is 20.4 Å². The standard InChI is InChI=1S/C26H51NO13P2/c1-5-8-11-14-22(28)35-19-38-41(32,33)25(17-18-26(4,27)31)42(34,39-20-36-23(29)15-12-9-6-2)40-21-37-24(30)16-13-10-7-3/h25,31H,5-21,27H2,1-4H3,(H,32,33).